The van der Waals surface area contributed by atoms with Gasteiger partial charge in [0, 0.05) is 38.9 Å². The molecule has 1 fully saturated rings. The molecule has 8 nitrogen and oxygen atoms in total. The van der Waals surface area contributed by atoms with Gasteiger partial charge in [-0.2, -0.15) is 5.26 Å². The lowest BCUT2D eigenvalue weighted by atomic mass is 10.1. The second-order valence-corrected chi connectivity index (χ2v) is 8.41. The summed E-state index contributed by atoms with van der Waals surface area (Å²) in [7, 11) is 1.75. The number of aryl methyl sites for hydroxylation is 2. The van der Waals surface area contributed by atoms with Crippen molar-refractivity contribution in [2.75, 3.05) is 31.1 Å². The standard InChI is InChI=1S/C24H25N7O/c1-17-4-9-21-20(14-17)23(32)28(2)24-27-26-22(31(21)24)16-29-10-3-11-30(13-12-29)19-7-5-18(15-25)6-8-19/h4-9,14H,3,10-13,16H2,1-2H3. The summed E-state index contributed by atoms with van der Waals surface area (Å²) in [5.41, 5.74) is 3.68. The molecule has 4 aromatic rings. The van der Waals surface area contributed by atoms with Gasteiger partial charge >= 0.3 is 0 Å². The molecule has 0 atom stereocenters. The largest absolute Gasteiger partial charge is 0.370 e. The molecule has 0 saturated carbocycles. The van der Waals surface area contributed by atoms with Gasteiger partial charge in [-0.1, -0.05) is 11.6 Å². The molecule has 1 aliphatic rings. The Bertz CT molecular complexity index is 1390. The Morgan fingerprint density at radius 2 is 1.84 bits per heavy atom. The number of rotatable bonds is 3. The lowest BCUT2D eigenvalue weighted by Gasteiger charge is -2.23. The van der Waals surface area contributed by atoms with Crippen LogP contribution in [0.4, 0.5) is 5.69 Å². The maximum atomic E-state index is 12.8. The van der Waals surface area contributed by atoms with Gasteiger partial charge in [-0.25, -0.2) is 0 Å². The Morgan fingerprint density at radius 3 is 2.62 bits per heavy atom. The summed E-state index contributed by atoms with van der Waals surface area (Å²) in [5, 5.41) is 18.5. The zero-order chi connectivity index (χ0) is 22.2. The summed E-state index contributed by atoms with van der Waals surface area (Å²) in [5.74, 6) is 1.41. The molecule has 1 saturated heterocycles. The molecule has 8 heteroatoms. The fourth-order valence-corrected chi connectivity index (χ4v) is 4.50. The maximum Gasteiger partial charge on any atom is 0.262 e. The van der Waals surface area contributed by atoms with Crippen LogP contribution in [0.15, 0.2) is 47.3 Å². The van der Waals surface area contributed by atoms with Gasteiger partial charge in [-0.3, -0.25) is 18.7 Å². The molecule has 0 spiro atoms. The first-order chi connectivity index (χ1) is 15.5. The van der Waals surface area contributed by atoms with E-state index in [1.54, 1.807) is 11.6 Å². The Kier molecular flexibility index (Phi) is 5.11. The highest BCUT2D eigenvalue weighted by Gasteiger charge is 2.20. The van der Waals surface area contributed by atoms with Crippen molar-refractivity contribution in [2.24, 2.45) is 7.05 Å². The average Bonchev–Trinajstić information content (AvgIpc) is 3.08. The first-order valence-electron chi connectivity index (χ1n) is 10.9. The van der Waals surface area contributed by atoms with Gasteiger partial charge in [0.15, 0.2) is 5.82 Å². The number of fused-ring (bicyclic) bond motifs is 3. The molecular formula is C24H25N7O. The number of nitriles is 1. The minimum absolute atomic E-state index is 0.0528. The highest BCUT2D eigenvalue weighted by atomic mass is 16.1. The lowest BCUT2D eigenvalue weighted by molar-refractivity contribution is 0.277. The number of hydrogen-bond acceptors (Lipinski definition) is 6. The average molecular weight is 428 g/mol. The molecule has 2 aromatic carbocycles. The monoisotopic (exact) mass is 427 g/mol. The van der Waals surface area contributed by atoms with E-state index >= 15 is 0 Å². The van der Waals surface area contributed by atoms with Gasteiger partial charge in [-0.15, -0.1) is 10.2 Å². The molecule has 0 aliphatic carbocycles. The Labute approximate surface area is 185 Å². The smallest absolute Gasteiger partial charge is 0.262 e. The SMILES string of the molecule is Cc1ccc2c(c1)c(=O)n(C)c1nnc(CN3CCCN(c4ccc(C#N)cc4)CC3)n21. The number of benzene rings is 2. The van der Waals surface area contributed by atoms with E-state index in [0.717, 1.165) is 55.2 Å². The van der Waals surface area contributed by atoms with Crippen LogP contribution in [0.3, 0.4) is 0 Å². The number of anilines is 1. The fourth-order valence-electron chi connectivity index (χ4n) is 4.50. The maximum absolute atomic E-state index is 12.8. The van der Waals surface area contributed by atoms with Crippen molar-refractivity contribution < 1.29 is 0 Å². The van der Waals surface area contributed by atoms with E-state index in [0.29, 0.717) is 23.3 Å². The molecule has 1 aliphatic heterocycles. The lowest BCUT2D eigenvalue weighted by Crippen LogP contribution is -2.31. The molecule has 2 aromatic heterocycles. The van der Waals surface area contributed by atoms with E-state index in [9.17, 15) is 4.79 Å². The number of aromatic nitrogens is 4. The van der Waals surface area contributed by atoms with Crippen molar-refractivity contribution in [1.82, 2.24) is 24.1 Å². The van der Waals surface area contributed by atoms with E-state index < -0.39 is 0 Å². The van der Waals surface area contributed by atoms with E-state index in [2.05, 4.69) is 26.1 Å². The molecule has 32 heavy (non-hydrogen) atoms. The molecule has 0 bridgehead atoms. The van der Waals surface area contributed by atoms with Crippen molar-refractivity contribution in [2.45, 2.75) is 19.9 Å². The zero-order valence-electron chi connectivity index (χ0n) is 18.3. The Hall–Kier alpha value is -3.70. The van der Waals surface area contributed by atoms with Crippen LogP contribution in [0, 0.1) is 18.3 Å². The molecule has 0 unspecified atom stereocenters. The molecule has 0 N–H and O–H groups in total. The summed E-state index contributed by atoms with van der Waals surface area (Å²) < 4.78 is 3.59. The first kappa shape index (κ1) is 20.2. The van der Waals surface area contributed by atoms with Crippen molar-refractivity contribution in [3.63, 3.8) is 0 Å². The molecular weight excluding hydrogens is 402 g/mol. The predicted molar refractivity (Wildman–Crippen MR) is 124 cm³/mol. The first-order valence-corrected chi connectivity index (χ1v) is 10.9. The van der Waals surface area contributed by atoms with Gasteiger partial charge < -0.3 is 4.90 Å². The number of hydrogen-bond donors (Lipinski definition) is 0. The summed E-state index contributed by atoms with van der Waals surface area (Å²) >= 11 is 0. The predicted octanol–water partition coefficient (Wildman–Crippen LogP) is 2.47. The molecule has 0 amide bonds. The van der Waals surface area contributed by atoms with Gasteiger partial charge in [0.1, 0.15) is 0 Å². The van der Waals surface area contributed by atoms with Crippen LogP contribution in [0.1, 0.15) is 23.4 Å². The van der Waals surface area contributed by atoms with Crippen LogP contribution in [0.25, 0.3) is 16.7 Å². The Morgan fingerprint density at radius 1 is 1.03 bits per heavy atom. The van der Waals surface area contributed by atoms with Crippen molar-refractivity contribution in [3.05, 3.63) is 69.8 Å². The van der Waals surface area contributed by atoms with E-state index in [1.165, 1.54) is 0 Å². The minimum Gasteiger partial charge on any atom is -0.370 e. The molecule has 5 rings (SSSR count). The van der Waals surface area contributed by atoms with Crippen LogP contribution < -0.4 is 10.5 Å². The highest BCUT2D eigenvalue weighted by Crippen LogP contribution is 2.20. The third-order valence-corrected chi connectivity index (χ3v) is 6.26. The zero-order valence-corrected chi connectivity index (χ0v) is 18.3. The normalized spacial score (nSPS) is 15.2. The summed E-state index contributed by atoms with van der Waals surface area (Å²) in [6, 6.07) is 15.9. The van der Waals surface area contributed by atoms with Gasteiger partial charge in [-0.05, 0) is 49.7 Å². The number of nitrogens with zero attached hydrogens (tertiary/aromatic N) is 7. The topological polar surface area (TPSA) is 82.5 Å². The van der Waals surface area contributed by atoms with Gasteiger partial charge in [0.05, 0.1) is 29.1 Å². The van der Waals surface area contributed by atoms with Crippen LogP contribution in [-0.4, -0.2) is 50.2 Å². The third-order valence-electron chi connectivity index (χ3n) is 6.26. The van der Waals surface area contributed by atoms with Crippen LogP contribution >= 0.6 is 0 Å². The quantitative estimate of drug-likeness (QED) is 0.500. The summed E-state index contributed by atoms with van der Waals surface area (Å²) in [4.78, 5) is 17.6. The minimum atomic E-state index is -0.0528. The van der Waals surface area contributed by atoms with E-state index in [-0.39, 0.29) is 5.56 Å². The van der Waals surface area contributed by atoms with E-state index in [1.807, 2.05) is 53.8 Å². The van der Waals surface area contributed by atoms with Gasteiger partial charge in [0.25, 0.3) is 5.56 Å². The summed E-state index contributed by atoms with van der Waals surface area (Å²) in [6.07, 6.45) is 1.04. The van der Waals surface area contributed by atoms with Crippen LogP contribution in [0.5, 0.6) is 0 Å². The van der Waals surface area contributed by atoms with Crippen LogP contribution in [-0.2, 0) is 13.6 Å². The fraction of sp³-hybridized carbons (Fsp3) is 0.333. The van der Waals surface area contributed by atoms with Crippen molar-refractivity contribution in [3.8, 4) is 6.07 Å². The van der Waals surface area contributed by atoms with Crippen LogP contribution in [0.2, 0.25) is 0 Å². The summed E-state index contributed by atoms with van der Waals surface area (Å²) in [6.45, 7) is 6.40. The third kappa shape index (κ3) is 3.51. The van der Waals surface area contributed by atoms with Crippen molar-refractivity contribution >= 4 is 22.4 Å². The van der Waals surface area contributed by atoms with Gasteiger partial charge in [0.2, 0.25) is 5.78 Å². The molecule has 162 valence electrons. The second kappa shape index (κ2) is 8.09. The molecule has 0 radical (unpaired) electrons. The second-order valence-electron chi connectivity index (χ2n) is 8.41. The van der Waals surface area contributed by atoms with Crippen molar-refractivity contribution in [1.29, 1.82) is 5.26 Å². The highest BCUT2D eigenvalue weighted by molar-refractivity contribution is 5.81. The Balaban J connectivity index is 1.42. The molecule has 3 heterocycles. The van der Waals surface area contributed by atoms with E-state index in [4.69, 9.17) is 5.26 Å².